The fourth-order valence-electron chi connectivity index (χ4n) is 5.57. The Bertz CT molecular complexity index is 1070. The third-order valence-corrected chi connectivity index (χ3v) is 7.32. The molecule has 3 aromatic rings. The van der Waals surface area contributed by atoms with E-state index in [9.17, 15) is 4.79 Å². The van der Waals surface area contributed by atoms with Crippen LogP contribution in [0.4, 0.5) is 0 Å². The van der Waals surface area contributed by atoms with E-state index in [0.717, 1.165) is 44.3 Å². The average Bonchev–Trinajstić information content (AvgIpc) is 3.17. The molecule has 1 atom stereocenters. The maximum atomic E-state index is 14.1. The van der Waals surface area contributed by atoms with E-state index in [0.29, 0.717) is 31.6 Å². The van der Waals surface area contributed by atoms with Gasteiger partial charge in [-0.1, -0.05) is 55.2 Å². The number of pyridine rings is 1. The molecule has 2 aliphatic rings. The van der Waals surface area contributed by atoms with Crippen molar-refractivity contribution in [3.63, 3.8) is 0 Å². The van der Waals surface area contributed by atoms with Crippen LogP contribution in [0, 0.1) is 12.8 Å². The molecule has 168 valence electrons. The minimum absolute atomic E-state index is 0.293. The molecule has 5 heteroatoms. The van der Waals surface area contributed by atoms with Gasteiger partial charge in [-0.05, 0) is 43.4 Å². The lowest BCUT2D eigenvalue weighted by atomic mass is 9.68. The topological polar surface area (TPSA) is 46.8 Å². The molecular weight excluding hydrogens is 398 g/mol. The quantitative estimate of drug-likeness (QED) is 0.608. The van der Waals surface area contributed by atoms with Gasteiger partial charge in [0.15, 0.2) is 0 Å². The Labute approximate surface area is 190 Å². The van der Waals surface area contributed by atoms with E-state index in [4.69, 9.17) is 4.74 Å². The molecule has 3 heterocycles. The van der Waals surface area contributed by atoms with Crippen LogP contribution in [0.25, 0.3) is 5.65 Å². The second-order valence-electron chi connectivity index (χ2n) is 9.64. The first-order chi connectivity index (χ1) is 15.6. The van der Waals surface area contributed by atoms with E-state index in [1.807, 2.05) is 12.4 Å². The highest BCUT2D eigenvalue weighted by molar-refractivity contribution is 5.88. The van der Waals surface area contributed by atoms with Crippen molar-refractivity contribution in [1.82, 2.24) is 14.3 Å². The standard InChI is InChI=1S/C27H33N3O2/c1-21-5-8-24(9-6-21)27(11-3-2-4-12-27)26(31)30-15-16-32-20-23(19-30)17-22-7-10-25-28-13-14-29(25)18-22/h5-10,13-14,18,23H,2-4,11-12,15-17,19-20H2,1H3/t23-/m0/s1. The fourth-order valence-corrected chi connectivity index (χ4v) is 5.57. The molecule has 0 bridgehead atoms. The zero-order chi connectivity index (χ0) is 22.0. The average molecular weight is 432 g/mol. The number of carbonyl (C=O) groups is 1. The van der Waals surface area contributed by atoms with Gasteiger partial charge in [0.2, 0.25) is 5.91 Å². The van der Waals surface area contributed by atoms with E-state index in [1.54, 1.807) is 0 Å². The molecule has 1 aliphatic carbocycles. The smallest absolute Gasteiger partial charge is 0.233 e. The van der Waals surface area contributed by atoms with Crippen molar-refractivity contribution in [2.24, 2.45) is 5.92 Å². The van der Waals surface area contributed by atoms with E-state index in [1.165, 1.54) is 23.1 Å². The maximum Gasteiger partial charge on any atom is 0.233 e. The van der Waals surface area contributed by atoms with Crippen molar-refractivity contribution in [1.29, 1.82) is 0 Å². The number of rotatable bonds is 4. The summed E-state index contributed by atoms with van der Waals surface area (Å²) in [5.41, 5.74) is 4.27. The molecule has 2 fully saturated rings. The lowest BCUT2D eigenvalue weighted by Crippen LogP contribution is -2.50. The van der Waals surface area contributed by atoms with Crippen LogP contribution >= 0.6 is 0 Å². The molecule has 0 spiro atoms. The molecule has 1 amide bonds. The third-order valence-electron chi connectivity index (χ3n) is 7.32. The van der Waals surface area contributed by atoms with E-state index < -0.39 is 0 Å². The number of imidazole rings is 1. The van der Waals surface area contributed by atoms with Gasteiger partial charge in [0.1, 0.15) is 5.65 Å². The molecule has 2 aromatic heterocycles. The summed E-state index contributed by atoms with van der Waals surface area (Å²) in [6.45, 7) is 4.87. The maximum absolute atomic E-state index is 14.1. The molecule has 0 N–H and O–H groups in total. The van der Waals surface area contributed by atoms with Crippen LogP contribution < -0.4 is 0 Å². The molecule has 5 rings (SSSR count). The molecule has 1 aromatic carbocycles. The number of carbonyl (C=O) groups excluding carboxylic acids is 1. The van der Waals surface area contributed by atoms with E-state index in [2.05, 4.69) is 63.8 Å². The SMILES string of the molecule is Cc1ccc(C2(C(=O)N3CCOC[C@@H](Cc4ccc5nccn5c4)C3)CCCCC2)cc1. The first kappa shape index (κ1) is 21.2. The Balaban J connectivity index is 1.37. The zero-order valence-corrected chi connectivity index (χ0v) is 19.0. The molecule has 5 nitrogen and oxygen atoms in total. The molecule has 0 radical (unpaired) electrons. The van der Waals surface area contributed by atoms with Crippen LogP contribution in [0.5, 0.6) is 0 Å². The van der Waals surface area contributed by atoms with Crippen LogP contribution in [0.3, 0.4) is 0 Å². The van der Waals surface area contributed by atoms with Gasteiger partial charge in [0.25, 0.3) is 0 Å². The summed E-state index contributed by atoms with van der Waals surface area (Å²) in [5, 5.41) is 0. The molecule has 1 saturated heterocycles. The van der Waals surface area contributed by atoms with Gasteiger partial charge in [-0.15, -0.1) is 0 Å². The number of fused-ring (bicyclic) bond motifs is 1. The molecule has 0 unspecified atom stereocenters. The summed E-state index contributed by atoms with van der Waals surface area (Å²) in [6.07, 6.45) is 12.2. The summed E-state index contributed by atoms with van der Waals surface area (Å²) in [4.78, 5) is 20.6. The summed E-state index contributed by atoms with van der Waals surface area (Å²) >= 11 is 0. The van der Waals surface area contributed by atoms with Crippen LogP contribution in [0.15, 0.2) is 55.0 Å². The number of aromatic nitrogens is 2. The van der Waals surface area contributed by atoms with Crippen LogP contribution in [0.2, 0.25) is 0 Å². The van der Waals surface area contributed by atoms with Crippen molar-refractivity contribution in [3.05, 3.63) is 71.7 Å². The normalized spacial score (nSPS) is 21.4. The first-order valence-corrected chi connectivity index (χ1v) is 12.0. The minimum atomic E-state index is -0.378. The lowest BCUT2D eigenvalue weighted by molar-refractivity contribution is -0.139. The Morgan fingerprint density at radius 2 is 1.94 bits per heavy atom. The van der Waals surface area contributed by atoms with Crippen LogP contribution in [-0.4, -0.2) is 46.5 Å². The highest BCUT2D eigenvalue weighted by atomic mass is 16.5. The van der Waals surface area contributed by atoms with Gasteiger partial charge in [-0.2, -0.15) is 0 Å². The summed E-state index contributed by atoms with van der Waals surface area (Å²) in [5.74, 6) is 0.600. The highest BCUT2D eigenvalue weighted by Gasteiger charge is 2.44. The largest absolute Gasteiger partial charge is 0.379 e. The van der Waals surface area contributed by atoms with Crippen molar-refractivity contribution >= 4 is 11.6 Å². The van der Waals surface area contributed by atoms with Gasteiger partial charge < -0.3 is 14.0 Å². The van der Waals surface area contributed by atoms with Gasteiger partial charge in [0, 0.05) is 37.6 Å². The van der Waals surface area contributed by atoms with Crippen molar-refractivity contribution in [2.45, 2.75) is 50.9 Å². The van der Waals surface area contributed by atoms with E-state index in [-0.39, 0.29) is 5.41 Å². The van der Waals surface area contributed by atoms with Crippen LogP contribution in [0.1, 0.15) is 48.8 Å². The molecular formula is C27H33N3O2. The highest BCUT2D eigenvalue weighted by Crippen LogP contribution is 2.41. The fraction of sp³-hybridized carbons (Fsp3) is 0.481. The molecule has 1 aliphatic heterocycles. The second kappa shape index (κ2) is 9.07. The summed E-state index contributed by atoms with van der Waals surface area (Å²) in [6, 6.07) is 12.9. The predicted octanol–water partition coefficient (Wildman–Crippen LogP) is 4.56. The Hall–Kier alpha value is -2.66. The van der Waals surface area contributed by atoms with Gasteiger partial charge in [0.05, 0.1) is 18.6 Å². The Kier molecular flexibility index (Phi) is 6.01. The van der Waals surface area contributed by atoms with Gasteiger partial charge in [-0.25, -0.2) is 4.98 Å². The Morgan fingerprint density at radius 3 is 2.75 bits per heavy atom. The summed E-state index contributed by atoms with van der Waals surface area (Å²) < 4.78 is 8.02. The molecule has 1 saturated carbocycles. The number of aryl methyl sites for hydroxylation is 1. The lowest BCUT2D eigenvalue weighted by Gasteiger charge is -2.40. The number of benzene rings is 1. The van der Waals surface area contributed by atoms with E-state index >= 15 is 0 Å². The monoisotopic (exact) mass is 431 g/mol. The van der Waals surface area contributed by atoms with Gasteiger partial charge in [-0.3, -0.25) is 4.79 Å². The number of amides is 1. The zero-order valence-electron chi connectivity index (χ0n) is 19.0. The Morgan fingerprint density at radius 1 is 1.12 bits per heavy atom. The van der Waals surface area contributed by atoms with Crippen molar-refractivity contribution in [3.8, 4) is 0 Å². The van der Waals surface area contributed by atoms with Gasteiger partial charge >= 0.3 is 0 Å². The summed E-state index contributed by atoms with van der Waals surface area (Å²) in [7, 11) is 0. The minimum Gasteiger partial charge on any atom is -0.379 e. The third kappa shape index (κ3) is 4.18. The number of hydrogen-bond donors (Lipinski definition) is 0. The number of hydrogen-bond acceptors (Lipinski definition) is 3. The first-order valence-electron chi connectivity index (χ1n) is 12.0. The van der Waals surface area contributed by atoms with Crippen LogP contribution in [-0.2, 0) is 21.4 Å². The van der Waals surface area contributed by atoms with Crippen molar-refractivity contribution < 1.29 is 9.53 Å². The number of nitrogens with zero attached hydrogens (tertiary/aromatic N) is 3. The predicted molar refractivity (Wildman–Crippen MR) is 126 cm³/mol. The van der Waals surface area contributed by atoms with Crippen molar-refractivity contribution in [2.75, 3.05) is 26.3 Å². The second-order valence-corrected chi connectivity index (χ2v) is 9.64. The molecule has 32 heavy (non-hydrogen) atoms. The number of ether oxygens (including phenoxy) is 1.